The maximum Gasteiger partial charge on any atom is 0.324 e. The highest BCUT2D eigenvalue weighted by molar-refractivity contribution is 7.13. The predicted molar refractivity (Wildman–Crippen MR) is 96.9 cm³/mol. The minimum atomic E-state index is -0.0309. The van der Waals surface area contributed by atoms with Crippen LogP contribution in [0.15, 0.2) is 22.2 Å². The molecule has 2 fully saturated rings. The van der Waals surface area contributed by atoms with Crippen molar-refractivity contribution in [1.82, 2.24) is 9.88 Å². The smallest absolute Gasteiger partial charge is 0.324 e. The second-order valence-corrected chi connectivity index (χ2v) is 7.94. The molecule has 0 spiro atoms. The van der Waals surface area contributed by atoms with Crippen molar-refractivity contribution in [3.8, 4) is 0 Å². The molecule has 2 aromatic heterocycles. The van der Waals surface area contributed by atoms with E-state index in [1.165, 1.54) is 16.9 Å². The van der Waals surface area contributed by atoms with Crippen LogP contribution in [0, 0.1) is 0 Å². The topological polar surface area (TPSA) is 54.5 Å². The van der Waals surface area contributed by atoms with Crippen LogP contribution in [0.1, 0.15) is 48.9 Å². The zero-order chi connectivity index (χ0) is 16.4. The number of amides is 2. The van der Waals surface area contributed by atoms with E-state index in [2.05, 4.69) is 32.5 Å². The first-order chi connectivity index (χ1) is 11.8. The molecule has 0 aliphatic carbocycles. The van der Waals surface area contributed by atoms with E-state index >= 15 is 0 Å². The number of aromatic nitrogens is 1. The number of thiophene rings is 1. The van der Waals surface area contributed by atoms with E-state index in [1.807, 2.05) is 4.90 Å². The Kier molecular flexibility index (Phi) is 4.82. The number of nitrogens with zero attached hydrogens (tertiary/aromatic N) is 2. The van der Waals surface area contributed by atoms with E-state index in [0.717, 1.165) is 51.1 Å². The van der Waals surface area contributed by atoms with Crippen LogP contribution in [0.25, 0.3) is 0 Å². The van der Waals surface area contributed by atoms with E-state index in [1.54, 1.807) is 11.3 Å². The summed E-state index contributed by atoms with van der Waals surface area (Å²) in [7, 11) is 0. The third-order valence-corrected chi connectivity index (χ3v) is 6.29. The lowest BCUT2D eigenvalue weighted by molar-refractivity contribution is 0.0846. The molecular weight excluding hydrogens is 342 g/mol. The molecule has 0 aromatic carbocycles. The predicted octanol–water partition coefficient (Wildman–Crippen LogP) is 4.47. The average molecular weight is 364 g/mol. The lowest BCUT2D eigenvalue weighted by atomic mass is 9.98. The number of thiazole rings is 1. The molecule has 2 aliphatic rings. The molecule has 4 heterocycles. The monoisotopic (exact) mass is 363 g/mol. The van der Waals surface area contributed by atoms with Gasteiger partial charge in [0.05, 0.1) is 11.7 Å². The summed E-state index contributed by atoms with van der Waals surface area (Å²) in [6.07, 6.45) is 4.13. The highest BCUT2D eigenvalue weighted by Gasteiger charge is 2.30. The molecule has 2 saturated heterocycles. The molecule has 1 N–H and O–H groups in total. The fourth-order valence-electron chi connectivity index (χ4n) is 3.51. The molecule has 2 aliphatic heterocycles. The zero-order valence-electron chi connectivity index (χ0n) is 13.4. The Balaban J connectivity index is 1.41. The largest absolute Gasteiger partial charge is 0.381 e. The van der Waals surface area contributed by atoms with Gasteiger partial charge in [0.15, 0.2) is 5.13 Å². The quantitative estimate of drug-likeness (QED) is 0.875. The van der Waals surface area contributed by atoms with Gasteiger partial charge < -0.3 is 9.64 Å². The van der Waals surface area contributed by atoms with Gasteiger partial charge in [0, 0.05) is 31.1 Å². The third kappa shape index (κ3) is 3.34. The van der Waals surface area contributed by atoms with Gasteiger partial charge in [0.2, 0.25) is 0 Å². The van der Waals surface area contributed by atoms with Gasteiger partial charge >= 0.3 is 6.03 Å². The number of nitrogens with one attached hydrogen (secondary N) is 1. The van der Waals surface area contributed by atoms with Crippen LogP contribution >= 0.6 is 22.7 Å². The van der Waals surface area contributed by atoms with E-state index in [-0.39, 0.29) is 12.1 Å². The average Bonchev–Trinajstić information content (AvgIpc) is 3.36. The SMILES string of the molecule is O=C(Nc1nc(C2CCOCC2)cs1)N1CCCC1c1ccsc1. The summed E-state index contributed by atoms with van der Waals surface area (Å²) in [5.74, 6) is 0.464. The summed E-state index contributed by atoms with van der Waals surface area (Å²) in [6.45, 7) is 2.42. The summed E-state index contributed by atoms with van der Waals surface area (Å²) in [4.78, 5) is 19.3. The first kappa shape index (κ1) is 16.1. The summed E-state index contributed by atoms with van der Waals surface area (Å²) >= 11 is 3.20. The molecule has 1 unspecified atom stereocenters. The molecule has 0 radical (unpaired) electrons. The summed E-state index contributed by atoms with van der Waals surface area (Å²) in [5, 5.41) is 10.00. The molecule has 0 bridgehead atoms. The standard InChI is InChI=1S/C17H21N3O2S2/c21-17(20-6-1-2-15(20)13-5-9-23-10-13)19-16-18-14(11-24-16)12-3-7-22-8-4-12/h5,9-12,15H,1-4,6-8H2,(H,18,19,21). The number of carbonyl (C=O) groups is 1. The number of hydrogen-bond donors (Lipinski definition) is 1. The van der Waals surface area contributed by atoms with Gasteiger partial charge in [-0.15, -0.1) is 11.3 Å². The molecule has 5 nitrogen and oxygen atoms in total. The molecule has 4 rings (SSSR count). The van der Waals surface area contributed by atoms with E-state index in [0.29, 0.717) is 11.0 Å². The van der Waals surface area contributed by atoms with E-state index in [4.69, 9.17) is 4.74 Å². The van der Waals surface area contributed by atoms with E-state index in [9.17, 15) is 4.79 Å². The molecule has 0 saturated carbocycles. The van der Waals surface area contributed by atoms with Crippen LogP contribution < -0.4 is 5.32 Å². The minimum absolute atomic E-state index is 0.0309. The fraction of sp³-hybridized carbons (Fsp3) is 0.529. The van der Waals surface area contributed by atoms with Crippen LogP contribution in [0.3, 0.4) is 0 Å². The van der Waals surface area contributed by atoms with Gasteiger partial charge in [-0.05, 0) is 48.1 Å². The molecule has 7 heteroatoms. The van der Waals surface area contributed by atoms with Gasteiger partial charge in [0.1, 0.15) is 0 Å². The van der Waals surface area contributed by atoms with Gasteiger partial charge in [-0.25, -0.2) is 9.78 Å². The number of carbonyl (C=O) groups excluding carboxylic acids is 1. The number of likely N-dealkylation sites (tertiary alicyclic amines) is 1. The number of hydrogen-bond acceptors (Lipinski definition) is 5. The van der Waals surface area contributed by atoms with Crippen LogP contribution in [0.5, 0.6) is 0 Å². The van der Waals surface area contributed by atoms with Gasteiger partial charge in [0.25, 0.3) is 0 Å². The summed E-state index contributed by atoms with van der Waals surface area (Å²) < 4.78 is 5.41. The number of ether oxygens (including phenoxy) is 1. The number of urea groups is 1. The third-order valence-electron chi connectivity index (χ3n) is 4.82. The van der Waals surface area contributed by atoms with Crippen LogP contribution in [0.2, 0.25) is 0 Å². The second-order valence-electron chi connectivity index (χ2n) is 6.30. The highest BCUT2D eigenvalue weighted by Crippen LogP contribution is 2.34. The zero-order valence-corrected chi connectivity index (χ0v) is 15.1. The minimum Gasteiger partial charge on any atom is -0.381 e. The molecule has 1 atom stereocenters. The first-order valence-electron chi connectivity index (χ1n) is 8.44. The Morgan fingerprint density at radius 3 is 2.96 bits per heavy atom. The highest BCUT2D eigenvalue weighted by atomic mass is 32.1. The molecule has 2 aromatic rings. The van der Waals surface area contributed by atoms with Crippen molar-refractivity contribution >= 4 is 33.8 Å². The van der Waals surface area contributed by atoms with Crippen molar-refractivity contribution < 1.29 is 9.53 Å². The van der Waals surface area contributed by atoms with Crippen LogP contribution in [-0.4, -0.2) is 35.7 Å². The van der Waals surface area contributed by atoms with Crippen molar-refractivity contribution in [2.24, 2.45) is 0 Å². The van der Waals surface area contributed by atoms with Crippen molar-refractivity contribution in [3.05, 3.63) is 33.5 Å². The van der Waals surface area contributed by atoms with Crippen LogP contribution in [0.4, 0.5) is 9.93 Å². The molecule has 2 amide bonds. The normalized spacial score (nSPS) is 22.0. The Morgan fingerprint density at radius 2 is 2.17 bits per heavy atom. The van der Waals surface area contributed by atoms with Crippen molar-refractivity contribution in [1.29, 1.82) is 0 Å². The van der Waals surface area contributed by atoms with Gasteiger partial charge in [-0.2, -0.15) is 11.3 Å². The first-order valence-corrected chi connectivity index (χ1v) is 10.3. The van der Waals surface area contributed by atoms with Crippen molar-refractivity contribution in [3.63, 3.8) is 0 Å². The molecular formula is C17H21N3O2S2. The maximum absolute atomic E-state index is 12.7. The lowest BCUT2D eigenvalue weighted by Crippen LogP contribution is -2.34. The van der Waals surface area contributed by atoms with Crippen molar-refractivity contribution in [2.75, 3.05) is 25.1 Å². The van der Waals surface area contributed by atoms with Crippen molar-refractivity contribution in [2.45, 2.75) is 37.6 Å². The molecule has 128 valence electrons. The van der Waals surface area contributed by atoms with E-state index < -0.39 is 0 Å². The Labute approximate surface area is 149 Å². The number of rotatable bonds is 3. The Hall–Kier alpha value is -1.44. The number of anilines is 1. The molecule has 24 heavy (non-hydrogen) atoms. The van der Waals surface area contributed by atoms with Crippen LogP contribution in [-0.2, 0) is 4.74 Å². The Morgan fingerprint density at radius 1 is 1.29 bits per heavy atom. The van der Waals surface area contributed by atoms with Gasteiger partial charge in [-0.1, -0.05) is 0 Å². The fourth-order valence-corrected chi connectivity index (χ4v) is 5.00. The lowest BCUT2D eigenvalue weighted by Gasteiger charge is -2.24. The maximum atomic E-state index is 12.7. The Bertz CT molecular complexity index is 680. The summed E-state index contributed by atoms with van der Waals surface area (Å²) in [5.41, 5.74) is 2.34. The summed E-state index contributed by atoms with van der Waals surface area (Å²) in [6, 6.07) is 2.29. The van der Waals surface area contributed by atoms with Gasteiger partial charge in [-0.3, -0.25) is 5.32 Å². The second kappa shape index (κ2) is 7.21.